The summed E-state index contributed by atoms with van der Waals surface area (Å²) in [6, 6.07) is 7.09. The highest BCUT2D eigenvalue weighted by molar-refractivity contribution is 8.16. The minimum absolute atomic E-state index is 0.247. The second-order valence-electron chi connectivity index (χ2n) is 4.80. The molecule has 1 atom stereocenters. The topological polar surface area (TPSA) is 26.0 Å². The van der Waals surface area contributed by atoms with Crippen LogP contribution in [0.15, 0.2) is 18.2 Å². The first-order valence-corrected chi connectivity index (χ1v) is 8.35. The molecule has 1 aliphatic heterocycles. The van der Waals surface area contributed by atoms with Gasteiger partial charge in [0, 0.05) is 6.04 Å². The van der Waals surface area contributed by atoms with E-state index in [1.165, 1.54) is 34.6 Å². The molecule has 2 rings (SSSR count). The molecule has 0 spiro atoms. The molecule has 0 aromatic heterocycles. The number of thioether (sulfide) groups is 2. The highest BCUT2D eigenvalue weighted by Crippen LogP contribution is 2.44. The van der Waals surface area contributed by atoms with Crippen LogP contribution in [0.1, 0.15) is 34.6 Å². The summed E-state index contributed by atoms with van der Waals surface area (Å²) in [4.78, 5) is 0. The SMILES string of the molecule is Cc1ccc(C[C@@H](C)N)cc1C1SCCCS1. The zero-order chi connectivity index (χ0) is 12.3. The molecule has 1 saturated heterocycles. The maximum absolute atomic E-state index is 5.88. The van der Waals surface area contributed by atoms with Gasteiger partial charge in [-0.15, -0.1) is 23.5 Å². The predicted octanol–water partition coefficient (Wildman–Crippen LogP) is 3.75. The molecule has 3 heteroatoms. The number of benzene rings is 1. The molecule has 94 valence electrons. The van der Waals surface area contributed by atoms with Gasteiger partial charge in [0.25, 0.3) is 0 Å². The highest BCUT2D eigenvalue weighted by atomic mass is 32.2. The van der Waals surface area contributed by atoms with E-state index in [0.29, 0.717) is 4.58 Å². The van der Waals surface area contributed by atoms with E-state index in [2.05, 4.69) is 55.6 Å². The van der Waals surface area contributed by atoms with E-state index in [-0.39, 0.29) is 6.04 Å². The quantitative estimate of drug-likeness (QED) is 0.903. The van der Waals surface area contributed by atoms with Gasteiger partial charge in [-0.1, -0.05) is 18.2 Å². The number of aryl methyl sites for hydroxylation is 1. The number of nitrogens with two attached hydrogens (primary N) is 1. The van der Waals surface area contributed by atoms with E-state index < -0.39 is 0 Å². The molecule has 1 heterocycles. The van der Waals surface area contributed by atoms with Crippen molar-refractivity contribution in [1.82, 2.24) is 0 Å². The fraction of sp³-hybridized carbons (Fsp3) is 0.571. The van der Waals surface area contributed by atoms with Gasteiger partial charge < -0.3 is 5.73 Å². The fourth-order valence-corrected chi connectivity index (χ4v) is 5.17. The van der Waals surface area contributed by atoms with Crippen LogP contribution in [0, 0.1) is 6.92 Å². The standard InChI is InChI=1S/C14H21NS2/c1-10-4-5-12(8-11(2)15)9-13(10)14-16-6-3-7-17-14/h4-5,9,11,14H,3,6-8,15H2,1-2H3/t11-/m1/s1. The summed E-state index contributed by atoms with van der Waals surface area (Å²) in [5.74, 6) is 2.60. The van der Waals surface area contributed by atoms with Crippen LogP contribution in [0.4, 0.5) is 0 Å². The molecule has 1 aliphatic rings. The van der Waals surface area contributed by atoms with E-state index in [1.54, 1.807) is 0 Å². The van der Waals surface area contributed by atoms with Gasteiger partial charge in [-0.2, -0.15) is 0 Å². The normalized spacial score (nSPS) is 19.2. The van der Waals surface area contributed by atoms with Gasteiger partial charge in [0.05, 0.1) is 4.58 Å². The molecule has 0 unspecified atom stereocenters. The summed E-state index contributed by atoms with van der Waals surface area (Å²) in [6.45, 7) is 4.30. The average Bonchev–Trinajstić information content (AvgIpc) is 2.32. The predicted molar refractivity (Wildman–Crippen MR) is 80.8 cm³/mol. The molecule has 2 N–H and O–H groups in total. The lowest BCUT2D eigenvalue weighted by atomic mass is 10.0. The van der Waals surface area contributed by atoms with Crippen LogP contribution in [-0.4, -0.2) is 17.5 Å². The van der Waals surface area contributed by atoms with Crippen molar-refractivity contribution in [2.75, 3.05) is 11.5 Å². The zero-order valence-corrected chi connectivity index (χ0v) is 12.2. The molecule has 0 amide bonds. The lowest BCUT2D eigenvalue weighted by Gasteiger charge is -2.23. The highest BCUT2D eigenvalue weighted by Gasteiger charge is 2.18. The molecule has 1 nitrogen and oxygen atoms in total. The van der Waals surface area contributed by atoms with Gasteiger partial charge in [-0.3, -0.25) is 0 Å². The first kappa shape index (κ1) is 13.3. The smallest absolute Gasteiger partial charge is 0.0753 e. The minimum Gasteiger partial charge on any atom is -0.328 e. The molecule has 1 aromatic rings. The molecule has 0 bridgehead atoms. The van der Waals surface area contributed by atoms with Crippen LogP contribution in [0.25, 0.3) is 0 Å². The Labute approximate surface area is 113 Å². The van der Waals surface area contributed by atoms with Gasteiger partial charge >= 0.3 is 0 Å². The second kappa shape index (κ2) is 6.17. The van der Waals surface area contributed by atoms with E-state index in [1.807, 2.05) is 0 Å². The third-order valence-corrected chi connectivity index (χ3v) is 5.96. The van der Waals surface area contributed by atoms with Crippen LogP contribution >= 0.6 is 23.5 Å². The third kappa shape index (κ3) is 3.67. The number of hydrogen-bond donors (Lipinski definition) is 1. The van der Waals surface area contributed by atoms with Crippen molar-refractivity contribution in [2.45, 2.75) is 37.3 Å². The molecular weight excluding hydrogens is 246 g/mol. The van der Waals surface area contributed by atoms with E-state index >= 15 is 0 Å². The first-order chi connectivity index (χ1) is 8.16. The minimum atomic E-state index is 0.247. The summed E-state index contributed by atoms with van der Waals surface area (Å²) in [5, 5.41) is 0. The number of rotatable bonds is 3. The van der Waals surface area contributed by atoms with Crippen molar-refractivity contribution < 1.29 is 0 Å². The van der Waals surface area contributed by atoms with Crippen molar-refractivity contribution in [3.63, 3.8) is 0 Å². The molecule has 1 fully saturated rings. The lowest BCUT2D eigenvalue weighted by Crippen LogP contribution is -2.18. The van der Waals surface area contributed by atoms with E-state index in [4.69, 9.17) is 5.73 Å². The maximum atomic E-state index is 5.88. The third-order valence-electron chi connectivity index (χ3n) is 2.98. The molecule has 0 aliphatic carbocycles. The Hall–Kier alpha value is -0.120. The summed E-state index contributed by atoms with van der Waals surface area (Å²) < 4.78 is 0.636. The summed E-state index contributed by atoms with van der Waals surface area (Å²) in [6.07, 6.45) is 2.33. The van der Waals surface area contributed by atoms with Crippen molar-refractivity contribution in [3.8, 4) is 0 Å². The average molecular weight is 267 g/mol. The van der Waals surface area contributed by atoms with E-state index in [0.717, 1.165) is 6.42 Å². The number of hydrogen-bond acceptors (Lipinski definition) is 3. The van der Waals surface area contributed by atoms with Crippen LogP contribution < -0.4 is 5.73 Å². The fourth-order valence-electron chi connectivity index (χ4n) is 2.11. The Morgan fingerprint density at radius 2 is 2.06 bits per heavy atom. The first-order valence-electron chi connectivity index (χ1n) is 6.25. The van der Waals surface area contributed by atoms with Crippen LogP contribution in [0.5, 0.6) is 0 Å². The van der Waals surface area contributed by atoms with Crippen molar-refractivity contribution in [2.24, 2.45) is 5.73 Å². The molecule has 0 radical (unpaired) electrons. The van der Waals surface area contributed by atoms with Gasteiger partial charge in [0.1, 0.15) is 0 Å². The van der Waals surface area contributed by atoms with Crippen LogP contribution in [-0.2, 0) is 6.42 Å². The summed E-state index contributed by atoms with van der Waals surface area (Å²) >= 11 is 4.18. The van der Waals surface area contributed by atoms with Crippen LogP contribution in [0.2, 0.25) is 0 Å². The monoisotopic (exact) mass is 267 g/mol. The Morgan fingerprint density at radius 1 is 1.35 bits per heavy atom. The van der Waals surface area contributed by atoms with Crippen molar-refractivity contribution in [1.29, 1.82) is 0 Å². The second-order valence-corrected chi connectivity index (χ2v) is 7.52. The Balaban J connectivity index is 2.19. The molecule has 0 saturated carbocycles. The Bertz CT molecular complexity index is 370. The van der Waals surface area contributed by atoms with Gasteiger partial charge in [0.15, 0.2) is 0 Å². The largest absolute Gasteiger partial charge is 0.328 e. The van der Waals surface area contributed by atoms with Crippen molar-refractivity contribution >= 4 is 23.5 Å². The van der Waals surface area contributed by atoms with E-state index in [9.17, 15) is 0 Å². The maximum Gasteiger partial charge on any atom is 0.0753 e. The van der Waals surface area contributed by atoms with Crippen LogP contribution in [0.3, 0.4) is 0 Å². The molecule has 1 aromatic carbocycles. The van der Waals surface area contributed by atoms with Gasteiger partial charge in [-0.25, -0.2) is 0 Å². The lowest BCUT2D eigenvalue weighted by molar-refractivity contribution is 0.737. The summed E-state index contributed by atoms with van der Waals surface area (Å²) in [7, 11) is 0. The molecular formula is C14H21NS2. The zero-order valence-electron chi connectivity index (χ0n) is 10.6. The Kier molecular flexibility index (Phi) is 4.83. The van der Waals surface area contributed by atoms with Gasteiger partial charge in [-0.05, 0) is 54.9 Å². The molecule has 17 heavy (non-hydrogen) atoms. The summed E-state index contributed by atoms with van der Waals surface area (Å²) in [5.41, 5.74) is 10.2. The van der Waals surface area contributed by atoms with Crippen molar-refractivity contribution in [3.05, 3.63) is 34.9 Å². The van der Waals surface area contributed by atoms with Gasteiger partial charge in [0.2, 0.25) is 0 Å². The Morgan fingerprint density at radius 3 is 2.71 bits per heavy atom.